The van der Waals surface area contributed by atoms with Crippen LogP contribution in [0.25, 0.3) is 11.5 Å². The fraction of sp³-hybridized carbons (Fsp3) is 0.273. The summed E-state index contributed by atoms with van der Waals surface area (Å²) in [5, 5.41) is 11.7. The zero-order valence-electron chi connectivity index (χ0n) is 9.20. The Balaban J connectivity index is 2.24. The van der Waals surface area contributed by atoms with Crippen molar-refractivity contribution in [2.45, 2.75) is 13.5 Å². The molecule has 6 heteroatoms. The molecular formula is C11H11BrClN3O. The minimum absolute atomic E-state index is 0.473. The lowest BCUT2D eigenvalue weighted by atomic mass is 10.2. The predicted octanol–water partition coefficient (Wildman–Crippen LogP) is 3.26. The second kappa shape index (κ2) is 5.62. The zero-order chi connectivity index (χ0) is 12.3. The van der Waals surface area contributed by atoms with Gasteiger partial charge in [-0.1, -0.05) is 34.5 Å². The number of benzene rings is 1. The van der Waals surface area contributed by atoms with Crippen LogP contribution in [-0.4, -0.2) is 16.7 Å². The maximum absolute atomic E-state index is 5.96. The van der Waals surface area contributed by atoms with Crippen molar-refractivity contribution in [3.05, 3.63) is 33.6 Å². The normalized spacial score (nSPS) is 10.8. The van der Waals surface area contributed by atoms with E-state index in [4.69, 9.17) is 16.0 Å². The molecular weight excluding hydrogens is 305 g/mol. The third kappa shape index (κ3) is 3.28. The summed E-state index contributed by atoms with van der Waals surface area (Å²) in [4.78, 5) is 0. The molecule has 1 aromatic heterocycles. The number of hydrogen-bond donors (Lipinski definition) is 1. The molecule has 0 saturated carbocycles. The highest BCUT2D eigenvalue weighted by atomic mass is 79.9. The Bertz CT molecular complexity index is 495. The molecule has 0 spiro atoms. The minimum Gasteiger partial charge on any atom is -0.419 e. The van der Waals surface area contributed by atoms with Crippen molar-refractivity contribution < 1.29 is 4.42 Å². The van der Waals surface area contributed by atoms with Crippen molar-refractivity contribution in [2.24, 2.45) is 0 Å². The molecule has 1 N–H and O–H groups in total. The molecule has 4 nitrogen and oxygen atoms in total. The maximum Gasteiger partial charge on any atom is 0.247 e. The van der Waals surface area contributed by atoms with E-state index in [0.29, 0.717) is 23.3 Å². The average Bonchev–Trinajstić information content (AvgIpc) is 2.73. The van der Waals surface area contributed by atoms with Crippen molar-refractivity contribution in [2.75, 3.05) is 6.54 Å². The van der Waals surface area contributed by atoms with Crippen LogP contribution in [0.15, 0.2) is 27.1 Å². The Hall–Kier alpha value is -0.910. The summed E-state index contributed by atoms with van der Waals surface area (Å²) in [5.74, 6) is 1.04. The summed E-state index contributed by atoms with van der Waals surface area (Å²) >= 11 is 9.33. The Morgan fingerprint density at radius 1 is 1.35 bits per heavy atom. The van der Waals surface area contributed by atoms with E-state index in [9.17, 15) is 0 Å². The molecule has 0 fully saturated rings. The molecule has 2 rings (SSSR count). The molecule has 0 amide bonds. The monoisotopic (exact) mass is 315 g/mol. The van der Waals surface area contributed by atoms with Crippen molar-refractivity contribution >= 4 is 27.5 Å². The average molecular weight is 317 g/mol. The third-order valence-corrected chi connectivity index (χ3v) is 2.78. The minimum atomic E-state index is 0.473. The van der Waals surface area contributed by atoms with Crippen LogP contribution in [0.1, 0.15) is 12.8 Å². The SMILES string of the molecule is CCNCc1nnc(-c2cc(Cl)cc(Br)c2)o1. The summed E-state index contributed by atoms with van der Waals surface area (Å²) in [7, 11) is 0. The second-order valence-electron chi connectivity index (χ2n) is 3.44. The van der Waals surface area contributed by atoms with Crippen molar-refractivity contribution in [1.29, 1.82) is 0 Å². The van der Waals surface area contributed by atoms with E-state index < -0.39 is 0 Å². The smallest absolute Gasteiger partial charge is 0.247 e. The van der Waals surface area contributed by atoms with E-state index in [0.717, 1.165) is 16.6 Å². The Morgan fingerprint density at radius 3 is 2.88 bits per heavy atom. The van der Waals surface area contributed by atoms with Gasteiger partial charge < -0.3 is 9.73 Å². The van der Waals surface area contributed by atoms with Gasteiger partial charge in [-0.15, -0.1) is 10.2 Å². The van der Waals surface area contributed by atoms with Gasteiger partial charge in [-0.05, 0) is 24.7 Å². The van der Waals surface area contributed by atoms with Crippen LogP contribution in [0.5, 0.6) is 0 Å². The lowest BCUT2D eigenvalue weighted by Crippen LogP contribution is -2.11. The van der Waals surface area contributed by atoms with Crippen LogP contribution in [0.2, 0.25) is 5.02 Å². The van der Waals surface area contributed by atoms with Gasteiger partial charge in [0.15, 0.2) is 0 Å². The van der Waals surface area contributed by atoms with Crippen molar-refractivity contribution in [3.63, 3.8) is 0 Å². The van der Waals surface area contributed by atoms with Crippen molar-refractivity contribution in [1.82, 2.24) is 15.5 Å². The van der Waals surface area contributed by atoms with E-state index >= 15 is 0 Å². The topological polar surface area (TPSA) is 51.0 Å². The summed E-state index contributed by atoms with van der Waals surface area (Å²) < 4.78 is 6.40. The van der Waals surface area contributed by atoms with Crippen LogP contribution >= 0.6 is 27.5 Å². The van der Waals surface area contributed by atoms with Gasteiger partial charge in [0.1, 0.15) is 0 Å². The molecule has 0 unspecified atom stereocenters. The van der Waals surface area contributed by atoms with Crippen LogP contribution in [-0.2, 0) is 6.54 Å². The second-order valence-corrected chi connectivity index (χ2v) is 4.79. The number of hydrogen-bond acceptors (Lipinski definition) is 4. The predicted molar refractivity (Wildman–Crippen MR) is 69.8 cm³/mol. The zero-order valence-corrected chi connectivity index (χ0v) is 11.5. The van der Waals surface area contributed by atoms with E-state index in [2.05, 4.69) is 31.4 Å². The highest BCUT2D eigenvalue weighted by Crippen LogP contribution is 2.26. The van der Waals surface area contributed by atoms with Crippen LogP contribution in [0.4, 0.5) is 0 Å². The molecule has 1 aromatic carbocycles. The summed E-state index contributed by atoms with van der Waals surface area (Å²) in [6, 6.07) is 5.48. The third-order valence-electron chi connectivity index (χ3n) is 2.10. The molecule has 0 aliphatic heterocycles. The summed E-state index contributed by atoms with van der Waals surface area (Å²) in [6.07, 6.45) is 0. The lowest BCUT2D eigenvalue weighted by Gasteiger charge is -1.98. The van der Waals surface area contributed by atoms with Gasteiger partial charge in [-0.25, -0.2) is 0 Å². The van der Waals surface area contributed by atoms with Gasteiger partial charge in [0.05, 0.1) is 6.54 Å². The maximum atomic E-state index is 5.96. The molecule has 2 aromatic rings. The number of nitrogens with zero attached hydrogens (tertiary/aromatic N) is 2. The van der Waals surface area contributed by atoms with Gasteiger partial charge in [-0.3, -0.25) is 0 Å². The van der Waals surface area contributed by atoms with Crippen LogP contribution < -0.4 is 5.32 Å². The Morgan fingerprint density at radius 2 is 2.18 bits per heavy atom. The quantitative estimate of drug-likeness (QED) is 0.940. The fourth-order valence-corrected chi connectivity index (χ4v) is 2.21. The Kier molecular flexibility index (Phi) is 4.15. The summed E-state index contributed by atoms with van der Waals surface area (Å²) in [5.41, 5.74) is 0.805. The van der Waals surface area contributed by atoms with Crippen LogP contribution in [0, 0.1) is 0 Å². The molecule has 1 heterocycles. The summed E-state index contributed by atoms with van der Waals surface area (Å²) in [6.45, 7) is 3.46. The molecule has 17 heavy (non-hydrogen) atoms. The van der Waals surface area contributed by atoms with E-state index in [1.54, 1.807) is 12.1 Å². The van der Waals surface area contributed by atoms with Gasteiger partial charge >= 0.3 is 0 Å². The fourth-order valence-electron chi connectivity index (χ4n) is 1.35. The highest BCUT2D eigenvalue weighted by Gasteiger charge is 2.09. The standard InChI is InChI=1S/C11H11BrClN3O/c1-2-14-6-10-15-16-11(17-10)7-3-8(12)5-9(13)4-7/h3-5,14H,2,6H2,1H3. The van der Waals surface area contributed by atoms with E-state index in [-0.39, 0.29) is 0 Å². The first-order valence-electron chi connectivity index (χ1n) is 5.18. The number of halogens is 2. The largest absolute Gasteiger partial charge is 0.419 e. The molecule has 0 atom stereocenters. The van der Waals surface area contributed by atoms with Gasteiger partial charge in [-0.2, -0.15) is 0 Å². The number of aromatic nitrogens is 2. The molecule has 90 valence electrons. The molecule has 0 saturated heterocycles. The van der Waals surface area contributed by atoms with E-state index in [1.165, 1.54) is 0 Å². The highest BCUT2D eigenvalue weighted by molar-refractivity contribution is 9.10. The van der Waals surface area contributed by atoms with Gasteiger partial charge in [0.25, 0.3) is 0 Å². The van der Waals surface area contributed by atoms with Crippen molar-refractivity contribution in [3.8, 4) is 11.5 Å². The first-order valence-corrected chi connectivity index (χ1v) is 6.35. The first kappa shape index (κ1) is 12.5. The number of nitrogens with one attached hydrogen (secondary N) is 1. The molecule has 0 aliphatic carbocycles. The van der Waals surface area contributed by atoms with E-state index in [1.807, 2.05) is 13.0 Å². The first-order chi connectivity index (χ1) is 8.19. The lowest BCUT2D eigenvalue weighted by molar-refractivity contribution is 0.482. The Labute approximate surface area is 113 Å². The van der Waals surface area contributed by atoms with Crippen LogP contribution in [0.3, 0.4) is 0 Å². The molecule has 0 radical (unpaired) electrons. The molecule has 0 bridgehead atoms. The molecule has 0 aliphatic rings. The van der Waals surface area contributed by atoms with Gasteiger partial charge in [0.2, 0.25) is 11.8 Å². The number of rotatable bonds is 4. The van der Waals surface area contributed by atoms with Gasteiger partial charge in [0, 0.05) is 15.1 Å².